The summed E-state index contributed by atoms with van der Waals surface area (Å²) < 4.78 is 0. The van der Waals surface area contributed by atoms with Gasteiger partial charge < -0.3 is 0 Å². The van der Waals surface area contributed by atoms with E-state index in [4.69, 9.17) is 0 Å². The standard InChI is InChI=1S/C15H20O/c1-11-6-5-9-14(12(11)2)15(16)10-13-7-3-4-8-13/h5-6,9,13H,3-4,7-8,10H2,1-2H3. The van der Waals surface area contributed by atoms with E-state index in [1.54, 1.807) is 0 Å². The van der Waals surface area contributed by atoms with Gasteiger partial charge in [-0.1, -0.05) is 43.9 Å². The first kappa shape index (κ1) is 11.4. The molecule has 0 bridgehead atoms. The predicted molar refractivity (Wildman–Crippen MR) is 66.8 cm³/mol. The van der Waals surface area contributed by atoms with Gasteiger partial charge in [-0.05, 0) is 30.9 Å². The molecule has 1 aromatic carbocycles. The lowest BCUT2D eigenvalue weighted by atomic mass is 9.93. The minimum absolute atomic E-state index is 0.341. The molecule has 86 valence electrons. The maximum absolute atomic E-state index is 12.2. The van der Waals surface area contributed by atoms with Crippen LogP contribution in [-0.2, 0) is 0 Å². The van der Waals surface area contributed by atoms with Crippen LogP contribution in [0.25, 0.3) is 0 Å². The zero-order chi connectivity index (χ0) is 11.5. The van der Waals surface area contributed by atoms with Gasteiger partial charge in [-0.15, -0.1) is 0 Å². The van der Waals surface area contributed by atoms with Crippen LogP contribution in [-0.4, -0.2) is 5.78 Å². The van der Waals surface area contributed by atoms with Crippen molar-refractivity contribution in [2.45, 2.75) is 46.0 Å². The fraction of sp³-hybridized carbons (Fsp3) is 0.533. The molecule has 16 heavy (non-hydrogen) atoms. The minimum atomic E-state index is 0.341. The summed E-state index contributed by atoms with van der Waals surface area (Å²) in [6, 6.07) is 6.03. The van der Waals surface area contributed by atoms with Crippen molar-refractivity contribution in [3.05, 3.63) is 34.9 Å². The minimum Gasteiger partial charge on any atom is -0.294 e. The second-order valence-electron chi connectivity index (χ2n) is 5.03. The summed E-state index contributed by atoms with van der Waals surface area (Å²) in [7, 11) is 0. The van der Waals surface area contributed by atoms with Crippen LogP contribution in [0.3, 0.4) is 0 Å². The first-order valence-electron chi connectivity index (χ1n) is 6.28. The number of ketones is 1. The molecule has 1 fully saturated rings. The smallest absolute Gasteiger partial charge is 0.163 e. The Bertz CT molecular complexity index is 386. The molecular weight excluding hydrogens is 196 g/mol. The maximum Gasteiger partial charge on any atom is 0.163 e. The topological polar surface area (TPSA) is 17.1 Å². The van der Waals surface area contributed by atoms with Crippen molar-refractivity contribution in [3.63, 3.8) is 0 Å². The fourth-order valence-electron chi connectivity index (χ4n) is 2.64. The number of hydrogen-bond acceptors (Lipinski definition) is 1. The summed E-state index contributed by atoms with van der Waals surface area (Å²) in [5, 5.41) is 0. The normalized spacial score (nSPS) is 16.6. The van der Waals surface area contributed by atoms with Crippen molar-refractivity contribution in [2.75, 3.05) is 0 Å². The summed E-state index contributed by atoms with van der Waals surface area (Å²) in [5.74, 6) is 0.987. The van der Waals surface area contributed by atoms with Crippen LogP contribution in [0.5, 0.6) is 0 Å². The summed E-state index contributed by atoms with van der Waals surface area (Å²) in [6.07, 6.45) is 5.87. The predicted octanol–water partition coefficient (Wildman–Crippen LogP) is 4.07. The zero-order valence-corrected chi connectivity index (χ0v) is 10.3. The van der Waals surface area contributed by atoms with Crippen LogP contribution in [0, 0.1) is 19.8 Å². The van der Waals surface area contributed by atoms with Crippen LogP contribution in [0.2, 0.25) is 0 Å². The van der Waals surface area contributed by atoms with Gasteiger partial charge in [0, 0.05) is 12.0 Å². The summed E-state index contributed by atoms with van der Waals surface area (Å²) in [4.78, 5) is 12.2. The van der Waals surface area contributed by atoms with E-state index in [1.807, 2.05) is 12.1 Å². The molecule has 1 aliphatic rings. The Morgan fingerprint density at radius 3 is 2.62 bits per heavy atom. The van der Waals surface area contributed by atoms with Crippen LogP contribution in [0.15, 0.2) is 18.2 Å². The second kappa shape index (κ2) is 4.82. The molecule has 0 unspecified atom stereocenters. The molecule has 0 radical (unpaired) electrons. The van der Waals surface area contributed by atoms with Crippen molar-refractivity contribution in [1.29, 1.82) is 0 Å². The Kier molecular flexibility index (Phi) is 3.42. The number of carbonyl (C=O) groups excluding carboxylic acids is 1. The quantitative estimate of drug-likeness (QED) is 0.696. The van der Waals surface area contributed by atoms with Crippen molar-refractivity contribution in [2.24, 2.45) is 5.92 Å². The highest BCUT2D eigenvalue weighted by molar-refractivity contribution is 5.97. The largest absolute Gasteiger partial charge is 0.294 e. The Labute approximate surface area is 97.9 Å². The first-order valence-corrected chi connectivity index (χ1v) is 6.28. The van der Waals surface area contributed by atoms with Crippen molar-refractivity contribution in [3.8, 4) is 0 Å². The third-order valence-corrected chi connectivity index (χ3v) is 3.85. The lowest BCUT2D eigenvalue weighted by Gasteiger charge is -2.11. The summed E-state index contributed by atoms with van der Waals surface area (Å²) in [6.45, 7) is 4.12. The van der Waals surface area contributed by atoms with E-state index in [0.717, 1.165) is 17.5 Å². The maximum atomic E-state index is 12.2. The highest BCUT2D eigenvalue weighted by Gasteiger charge is 2.20. The molecule has 0 spiro atoms. The fourth-order valence-corrected chi connectivity index (χ4v) is 2.64. The zero-order valence-electron chi connectivity index (χ0n) is 10.3. The molecule has 0 aromatic heterocycles. The van der Waals surface area contributed by atoms with Crippen molar-refractivity contribution >= 4 is 5.78 Å². The van der Waals surface area contributed by atoms with Crippen molar-refractivity contribution in [1.82, 2.24) is 0 Å². The molecule has 1 aliphatic carbocycles. The van der Waals surface area contributed by atoms with Gasteiger partial charge in [-0.3, -0.25) is 4.79 Å². The van der Waals surface area contributed by atoms with Crippen molar-refractivity contribution < 1.29 is 4.79 Å². The van der Waals surface area contributed by atoms with Gasteiger partial charge in [0.15, 0.2) is 5.78 Å². The molecule has 0 atom stereocenters. The monoisotopic (exact) mass is 216 g/mol. The number of rotatable bonds is 3. The lowest BCUT2D eigenvalue weighted by Crippen LogP contribution is -2.08. The molecule has 0 saturated heterocycles. The highest BCUT2D eigenvalue weighted by Crippen LogP contribution is 2.29. The summed E-state index contributed by atoms with van der Waals surface area (Å²) >= 11 is 0. The van der Waals surface area contributed by atoms with Gasteiger partial charge in [0.1, 0.15) is 0 Å². The number of hydrogen-bond donors (Lipinski definition) is 0. The first-order chi connectivity index (χ1) is 7.68. The molecule has 0 heterocycles. The molecule has 0 aliphatic heterocycles. The van der Waals surface area contributed by atoms with E-state index < -0.39 is 0 Å². The molecule has 2 rings (SSSR count). The van der Waals surface area contributed by atoms with Gasteiger partial charge in [0.25, 0.3) is 0 Å². The number of aryl methyl sites for hydroxylation is 1. The van der Waals surface area contributed by atoms with E-state index in [1.165, 1.54) is 31.2 Å². The lowest BCUT2D eigenvalue weighted by molar-refractivity contribution is 0.0961. The molecule has 1 saturated carbocycles. The molecule has 1 aromatic rings. The van der Waals surface area contributed by atoms with Crippen LogP contribution < -0.4 is 0 Å². The van der Waals surface area contributed by atoms with Gasteiger partial charge in [0.05, 0.1) is 0 Å². The van der Waals surface area contributed by atoms with E-state index >= 15 is 0 Å². The SMILES string of the molecule is Cc1cccc(C(=O)CC2CCCC2)c1C. The molecule has 1 nitrogen and oxygen atoms in total. The Hall–Kier alpha value is -1.11. The van der Waals surface area contributed by atoms with Gasteiger partial charge in [-0.25, -0.2) is 0 Å². The number of benzene rings is 1. The summed E-state index contributed by atoms with van der Waals surface area (Å²) in [5.41, 5.74) is 3.31. The Morgan fingerprint density at radius 1 is 1.25 bits per heavy atom. The average Bonchev–Trinajstić information content (AvgIpc) is 2.74. The molecule has 1 heteroatoms. The van der Waals surface area contributed by atoms with Gasteiger partial charge in [0.2, 0.25) is 0 Å². The molecule has 0 N–H and O–H groups in total. The van der Waals surface area contributed by atoms with Crippen LogP contribution in [0.4, 0.5) is 0 Å². The highest BCUT2D eigenvalue weighted by atomic mass is 16.1. The van der Waals surface area contributed by atoms with Crippen LogP contribution in [0.1, 0.15) is 53.6 Å². The second-order valence-corrected chi connectivity index (χ2v) is 5.03. The average molecular weight is 216 g/mol. The molecular formula is C15H20O. The van der Waals surface area contributed by atoms with Gasteiger partial charge >= 0.3 is 0 Å². The van der Waals surface area contributed by atoms with Crippen LogP contribution >= 0.6 is 0 Å². The Morgan fingerprint density at radius 2 is 1.94 bits per heavy atom. The third kappa shape index (κ3) is 2.34. The van der Waals surface area contributed by atoms with E-state index in [9.17, 15) is 4.79 Å². The number of Topliss-reactive ketones (excluding diaryl/α,β-unsaturated/α-hetero) is 1. The van der Waals surface area contributed by atoms with Gasteiger partial charge in [-0.2, -0.15) is 0 Å². The number of carbonyl (C=O) groups is 1. The Balaban J connectivity index is 2.11. The van der Waals surface area contributed by atoms with E-state index in [-0.39, 0.29) is 0 Å². The van der Waals surface area contributed by atoms with E-state index in [0.29, 0.717) is 11.7 Å². The molecule has 0 amide bonds. The van der Waals surface area contributed by atoms with E-state index in [2.05, 4.69) is 19.9 Å². The third-order valence-electron chi connectivity index (χ3n) is 3.85.